The van der Waals surface area contributed by atoms with Gasteiger partial charge in [0.25, 0.3) is 0 Å². The highest BCUT2D eigenvalue weighted by molar-refractivity contribution is 5.31. The molecule has 0 aliphatic carbocycles. The summed E-state index contributed by atoms with van der Waals surface area (Å²) in [6.07, 6.45) is 0. The van der Waals surface area contributed by atoms with Crippen molar-refractivity contribution in [1.29, 1.82) is 0 Å². The Bertz CT molecular complexity index is 667. The van der Waals surface area contributed by atoms with E-state index in [0.717, 1.165) is 11.1 Å². The van der Waals surface area contributed by atoms with Gasteiger partial charge < -0.3 is 0 Å². The minimum atomic E-state index is -0.247. The lowest BCUT2D eigenvalue weighted by molar-refractivity contribution is 0.583. The third-order valence-electron chi connectivity index (χ3n) is 3.19. The molecule has 1 atom stereocenters. The molecule has 0 saturated heterocycles. The number of nitrogens with one attached hydrogen (secondary N) is 2. The highest BCUT2D eigenvalue weighted by Gasteiger charge is 2.14. The average molecular weight is 283 g/mol. The van der Waals surface area contributed by atoms with E-state index in [4.69, 9.17) is 0 Å². The second kappa shape index (κ2) is 6.23. The van der Waals surface area contributed by atoms with Gasteiger partial charge in [-0.25, -0.2) is 4.39 Å². The topological polar surface area (TPSA) is 66.5 Å². The van der Waals surface area contributed by atoms with Crippen LogP contribution >= 0.6 is 0 Å². The van der Waals surface area contributed by atoms with Gasteiger partial charge in [0, 0.05) is 0 Å². The van der Waals surface area contributed by atoms with Crippen molar-refractivity contribution in [3.8, 4) is 0 Å². The normalized spacial score (nSPS) is 12.2. The number of rotatable bonds is 5. The Morgan fingerprint density at radius 3 is 2.38 bits per heavy atom. The van der Waals surface area contributed by atoms with Crippen molar-refractivity contribution in [2.75, 3.05) is 0 Å². The molecule has 3 aromatic rings. The van der Waals surface area contributed by atoms with Crippen LogP contribution < -0.4 is 5.32 Å². The third kappa shape index (κ3) is 3.29. The van der Waals surface area contributed by atoms with Gasteiger partial charge in [-0.2, -0.15) is 5.21 Å². The molecular weight excluding hydrogens is 269 g/mol. The van der Waals surface area contributed by atoms with Crippen LogP contribution in [0.5, 0.6) is 0 Å². The first kappa shape index (κ1) is 13.4. The maximum Gasteiger partial charge on any atom is 0.188 e. The van der Waals surface area contributed by atoms with E-state index >= 15 is 0 Å². The number of halogens is 1. The smallest absolute Gasteiger partial charge is 0.188 e. The van der Waals surface area contributed by atoms with E-state index < -0.39 is 0 Å². The van der Waals surface area contributed by atoms with Crippen LogP contribution in [-0.2, 0) is 6.54 Å². The standard InChI is InChI=1S/C15H14FN5/c16-13-8-6-12(7-9-13)15(11-4-2-1-3-5-11)17-10-14-18-20-21-19-14/h1-9,15,17H,10H2,(H,18,19,20,21). The SMILES string of the molecule is Fc1ccc(C(NCc2nn[nH]n2)c2ccccc2)cc1. The maximum absolute atomic E-state index is 13.1. The van der Waals surface area contributed by atoms with E-state index in [1.54, 1.807) is 12.1 Å². The number of benzene rings is 2. The van der Waals surface area contributed by atoms with Crippen molar-refractivity contribution in [2.24, 2.45) is 0 Å². The molecule has 106 valence electrons. The molecule has 0 radical (unpaired) electrons. The van der Waals surface area contributed by atoms with Crippen molar-refractivity contribution < 1.29 is 4.39 Å². The quantitative estimate of drug-likeness (QED) is 0.753. The Hall–Kier alpha value is -2.60. The fourth-order valence-corrected chi connectivity index (χ4v) is 2.18. The van der Waals surface area contributed by atoms with Crippen LogP contribution in [0.15, 0.2) is 54.6 Å². The van der Waals surface area contributed by atoms with E-state index in [0.29, 0.717) is 12.4 Å². The number of aromatic amines is 1. The van der Waals surface area contributed by atoms with Crippen molar-refractivity contribution in [3.63, 3.8) is 0 Å². The van der Waals surface area contributed by atoms with Gasteiger partial charge in [-0.3, -0.25) is 5.32 Å². The Morgan fingerprint density at radius 1 is 1.00 bits per heavy atom. The Balaban J connectivity index is 1.85. The fraction of sp³-hybridized carbons (Fsp3) is 0.133. The van der Waals surface area contributed by atoms with Crippen molar-refractivity contribution in [3.05, 3.63) is 77.4 Å². The van der Waals surface area contributed by atoms with Gasteiger partial charge in [0.2, 0.25) is 0 Å². The minimum absolute atomic E-state index is 0.0645. The van der Waals surface area contributed by atoms with Crippen LogP contribution in [0.3, 0.4) is 0 Å². The molecular formula is C15H14FN5. The average Bonchev–Trinajstić information content (AvgIpc) is 3.04. The molecule has 1 unspecified atom stereocenters. The maximum atomic E-state index is 13.1. The van der Waals surface area contributed by atoms with Crippen LogP contribution in [0, 0.1) is 5.82 Å². The minimum Gasteiger partial charge on any atom is -0.299 e. The molecule has 0 aliphatic heterocycles. The van der Waals surface area contributed by atoms with Gasteiger partial charge in [0.05, 0.1) is 12.6 Å². The Morgan fingerprint density at radius 2 is 1.71 bits per heavy atom. The van der Waals surface area contributed by atoms with Gasteiger partial charge in [-0.05, 0) is 23.3 Å². The number of H-pyrrole nitrogens is 1. The van der Waals surface area contributed by atoms with Gasteiger partial charge >= 0.3 is 0 Å². The van der Waals surface area contributed by atoms with E-state index in [-0.39, 0.29) is 11.9 Å². The van der Waals surface area contributed by atoms with Gasteiger partial charge in [-0.15, -0.1) is 10.2 Å². The van der Waals surface area contributed by atoms with Gasteiger partial charge in [-0.1, -0.05) is 47.7 Å². The molecule has 0 amide bonds. The van der Waals surface area contributed by atoms with E-state index in [1.807, 2.05) is 30.3 Å². The molecule has 21 heavy (non-hydrogen) atoms. The summed E-state index contributed by atoms with van der Waals surface area (Å²) in [5.41, 5.74) is 2.07. The molecule has 3 rings (SSSR count). The van der Waals surface area contributed by atoms with Crippen LogP contribution in [0.2, 0.25) is 0 Å². The first-order chi connectivity index (χ1) is 10.3. The predicted octanol–water partition coefficient (Wildman–Crippen LogP) is 2.22. The van der Waals surface area contributed by atoms with Crippen molar-refractivity contribution >= 4 is 0 Å². The summed E-state index contributed by atoms with van der Waals surface area (Å²) in [5.74, 6) is 0.335. The van der Waals surface area contributed by atoms with Crippen LogP contribution in [-0.4, -0.2) is 20.6 Å². The second-order valence-electron chi connectivity index (χ2n) is 4.60. The first-order valence-electron chi connectivity index (χ1n) is 6.59. The van der Waals surface area contributed by atoms with E-state index in [2.05, 4.69) is 25.9 Å². The molecule has 2 N–H and O–H groups in total. The summed E-state index contributed by atoms with van der Waals surface area (Å²) >= 11 is 0. The van der Waals surface area contributed by atoms with Crippen LogP contribution in [0.1, 0.15) is 23.0 Å². The zero-order valence-electron chi connectivity index (χ0n) is 11.2. The Labute approximate surface area is 121 Å². The monoisotopic (exact) mass is 283 g/mol. The number of aromatic nitrogens is 4. The predicted molar refractivity (Wildman–Crippen MR) is 75.7 cm³/mol. The molecule has 0 fully saturated rings. The lowest BCUT2D eigenvalue weighted by Crippen LogP contribution is -2.22. The zero-order valence-corrected chi connectivity index (χ0v) is 11.2. The lowest BCUT2D eigenvalue weighted by Gasteiger charge is -2.19. The highest BCUT2D eigenvalue weighted by atomic mass is 19.1. The number of nitrogens with zero attached hydrogens (tertiary/aromatic N) is 3. The first-order valence-corrected chi connectivity index (χ1v) is 6.59. The zero-order chi connectivity index (χ0) is 14.5. The lowest BCUT2D eigenvalue weighted by atomic mass is 9.98. The van der Waals surface area contributed by atoms with E-state index in [9.17, 15) is 4.39 Å². The molecule has 6 heteroatoms. The van der Waals surface area contributed by atoms with E-state index in [1.165, 1.54) is 12.1 Å². The molecule has 5 nitrogen and oxygen atoms in total. The molecule has 0 saturated carbocycles. The molecule has 0 bridgehead atoms. The third-order valence-corrected chi connectivity index (χ3v) is 3.19. The second-order valence-corrected chi connectivity index (χ2v) is 4.60. The van der Waals surface area contributed by atoms with Gasteiger partial charge in [0.15, 0.2) is 5.82 Å². The number of hydrogen-bond acceptors (Lipinski definition) is 4. The summed E-state index contributed by atoms with van der Waals surface area (Å²) in [6, 6.07) is 16.4. The summed E-state index contributed by atoms with van der Waals surface area (Å²) in [6.45, 7) is 0.466. The molecule has 0 aliphatic rings. The molecule has 1 aromatic heterocycles. The van der Waals surface area contributed by atoms with Crippen molar-refractivity contribution in [1.82, 2.24) is 25.9 Å². The number of hydrogen-bond donors (Lipinski definition) is 2. The highest BCUT2D eigenvalue weighted by Crippen LogP contribution is 2.22. The van der Waals surface area contributed by atoms with Crippen molar-refractivity contribution in [2.45, 2.75) is 12.6 Å². The molecule has 0 spiro atoms. The fourth-order valence-electron chi connectivity index (χ4n) is 2.18. The summed E-state index contributed by atoms with van der Waals surface area (Å²) in [4.78, 5) is 0. The van der Waals surface area contributed by atoms with Gasteiger partial charge in [0.1, 0.15) is 5.82 Å². The largest absolute Gasteiger partial charge is 0.299 e. The summed E-state index contributed by atoms with van der Waals surface area (Å²) < 4.78 is 13.1. The molecule has 2 aromatic carbocycles. The molecule has 1 heterocycles. The number of tetrazole rings is 1. The van der Waals surface area contributed by atoms with Crippen LogP contribution in [0.25, 0.3) is 0 Å². The Kier molecular flexibility index (Phi) is 3.97. The summed E-state index contributed by atoms with van der Waals surface area (Å²) in [7, 11) is 0. The van der Waals surface area contributed by atoms with Crippen LogP contribution in [0.4, 0.5) is 4.39 Å². The summed E-state index contributed by atoms with van der Waals surface area (Å²) in [5, 5.41) is 17.2.